The van der Waals surface area contributed by atoms with Gasteiger partial charge in [0.2, 0.25) is 0 Å². The number of aromatic nitrogens is 1. The van der Waals surface area contributed by atoms with E-state index in [2.05, 4.69) is 28.2 Å². The van der Waals surface area contributed by atoms with E-state index in [0.29, 0.717) is 27.8 Å². The smallest absolute Gasteiger partial charge is 0.412 e. The van der Waals surface area contributed by atoms with Gasteiger partial charge in [-0.05, 0) is 76.3 Å². The van der Waals surface area contributed by atoms with E-state index in [0.717, 1.165) is 53.5 Å². The quantitative estimate of drug-likeness (QED) is 0.219. The zero-order valence-electron chi connectivity index (χ0n) is 28.1. The molecule has 1 saturated carbocycles. The molecular formula is C36H41F2N5O3S. The van der Waals surface area contributed by atoms with Crippen molar-refractivity contribution in [3.05, 3.63) is 45.0 Å². The minimum Gasteiger partial charge on any atom is -0.444 e. The van der Waals surface area contributed by atoms with Crippen molar-refractivity contribution in [2.24, 2.45) is 16.3 Å². The van der Waals surface area contributed by atoms with Gasteiger partial charge < -0.3 is 14.4 Å². The molecule has 0 bridgehead atoms. The summed E-state index contributed by atoms with van der Waals surface area (Å²) in [5.41, 5.74) is 2.13. The minimum absolute atomic E-state index is 0.0111. The first kappa shape index (κ1) is 33.0. The van der Waals surface area contributed by atoms with E-state index in [1.165, 1.54) is 19.3 Å². The average molecular weight is 662 g/mol. The number of anilines is 1. The molecule has 6 rings (SSSR count). The van der Waals surface area contributed by atoms with Gasteiger partial charge in [-0.15, -0.1) is 11.3 Å². The maximum atomic E-state index is 17.1. The predicted octanol–water partition coefficient (Wildman–Crippen LogP) is 7.35. The van der Waals surface area contributed by atoms with Crippen LogP contribution in [0.4, 0.5) is 18.6 Å². The number of likely N-dealkylation sites (tertiary alicyclic amines) is 1. The topological polar surface area (TPSA) is 99.8 Å². The molecule has 2 fully saturated rings. The Labute approximate surface area is 277 Å². The third kappa shape index (κ3) is 5.91. The Morgan fingerprint density at radius 3 is 2.72 bits per heavy atom. The minimum atomic E-state index is -0.785. The summed E-state index contributed by atoms with van der Waals surface area (Å²) in [6.07, 6.45) is 6.31. The summed E-state index contributed by atoms with van der Waals surface area (Å²) in [5.74, 6) is 0.439. The molecule has 1 N–H and O–H groups in total. The van der Waals surface area contributed by atoms with Gasteiger partial charge in [0.05, 0.1) is 35.4 Å². The van der Waals surface area contributed by atoms with Crippen LogP contribution in [0.1, 0.15) is 90.8 Å². The van der Waals surface area contributed by atoms with Crippen molar-refractivity contribution in [1.82, 2.24) is 9.88 Å². The molecule has 0 spiro atoms. The molecule has 1 amide bonds. The zero-order chi connectivity index (χ0) is 33.8. The number of rotatable bonds is 6. The first-order valence-electron chi connectivity index (χ1n) is 16.2. The number of amidine groups is 1. The highest BCUT2D eigenvalue weighted by molar-refractivity contribution is 7.23. The summed E-state index contributed by atoms with van der Waals surface area (Å²) >= 11 is 0.888. The molecule has 0 radical (unpaired) electrons. The third-order valence-electron chi connectivity index (χ3n) is 9.67. The van der Waals surface area contributed by atoms with E-state index in [4.69, 9.17) is 14.5 Å². The number of hydrogen-bond donors (Lipinski definition) is 1. The van der Waals surface area contributed by atoms with Gasteiger partial charge in [0, 0.05) is 40.7 Å². The van der Waals surface area contributed by atoms with Crippen molar-refractivity contribution in [1.29, 1.82) is 5.26 Å². The number of carbonyl (C=O) groups excluding carboxylic acids is 1. The molecule has 47 heavy (non-hydrogen) atoms. The van der Waals surface area contributed by atoms with Crippen LogP contribution in [0.2, 0.25) is 0 Å². The molecule has 1 saturated heterocycles. The first-order chi connectivity index (χ1) is 22.3. The number of hydrogen-bond acceptors (Lipinski definition) is 7. The van der Waals surface area contributed by atoms with E-state index in [1.807, 2.05) is 20.8 Å². The van der Waals surface area contributed by atoms with Gasteiger partial charge in [0.15, 0.2) is 5.82 Å². The fourth-order valence-electron chi connectivity index (χ4n) is 7.22. The number of nitrogens with zero attached hydrogens (tertiary/aromatic N) is 4. The molecule has 3 aliphatic rings. The van der Waals surface area contributed by atoms with Gasteiger partial charge in [-0.25, -0.2) is 18.6 Å². The van der Waals surface area contributed by atoms with Crippen LogP contribution in [0, 0.1) is 34.3 Å². The van der Waals surface area contributed by atoms with Gasteiger partial charge in [-0.1, -0.05) is 25.8 Å². The van der Waals surface area contributed by atoms with Gasteiger partial charge >= 0.3 is 6.09 Å². The highest BCUT2D eigenvalue weighted by Gasteiger charge is 2.58. The summed E-state index contributed by atoms with van der Waals surface area (Å²) in [5, 5.41) is 14.1. The van der Waals surface area contributed by atoms with Crippen LogP contribution in [-0.2, 0) is 22.7 Å². The lowest BCUT2D eigenvalue weighted by Gasteiger charge is -2.22. The standard InChI is InChI=1S/C36H41F2N5O3S/c1-8-10-36-11-21(36)15-43(18-36)20(4)40-13-23-24-16-45-17-25(24)28(30(38)27(23)19(3)9-2)31-29-22(12-39)33(42-34(44)46-35(5,6)7)47-32(29)26(37)14-41-31/h13-14,21H,8-11,15-18H2,1-7H3,(H,42,44)/b23-13-,27-19?,40-20?/t21?,36-/m1/s1. The number of thiophene rings is 1. The largest absolute Gasteiger partial charge is 0.444 e. The molecule has 4 heterocycles. The number of halogens is 2. The lowest BCUT2D eigenvalue weighted by Crippen LogP contribution is -2.35. The second-order valence-electron chi connectivity index (χ2n) is 14.0. The number of nitriles is 1. The Morgan fingerprint density at radius 1 is 1.30 bits per heavy atom. The molecular weight excluding hydrogens is 620 g/mol. The van der Waals surface area contributed by atoms with Crippen molar-refractivity contribution < 1.29 is 23.0 Å². The summed E-state index contributed by atoms with van der Waals surface area (Å²) < 4.78 is 43.8. The van der Waals surface area contributed by atoms with E-state index in [1.54, 1.807) is 27.0 Å². The van der Waals surface area contributed by atoms with E-state index >= 15 is 8.78 Å². The number of benzene rings is 1. The Morgan fingerprint density at radius 2 is 2.04 bits per heavy atom. The number of aliphatic imine (C=N–C) groups is 1. The molecule has 1 aromatic carbocycles. The fourth-order valence-corrected chi connectivity index (χ4v) is 8.26. The molecule has 2 aliphatic heterocycles. The SMILES string of the molecule is CCC[C@]12CC1CN(C(C)=N/C=c1/c3c(c(-c4ncc(F)c5sc(NC(=O)OC(C)(C)C)c(C#N)c45)c(F)c1=C(C)CC)COC3)C2. The van der Waals surface area contributed by atoms with Crippen molar-refractivity contribution in [2.45, 2.75) is 93.0 Å². The maximum Gasteiger partial charge on any atom is 0.412 e. The lowest BCUT2D eigenvalue weighted by molar-refractivity contribution is 0.0636. The first-order valence-corrected chi connectivity index (χ1v) is 17.1. The molecule has 2 atom stereocenters. The number of ether oxygens (including phenoxy) is 2. The van der Waals surface area contributed by atoms with Crippen molar-refractivity contribution in [2.75, 3.05) is 18.4 Å². The van der Waals surface area contributed by atoms with Crippen molar-refractivity contribution in [3.8, 4) is 17.3 Å². The van der Waals surface area contributed by atoms with E-state index in [9.17, 15) is 10.1 Å². The van der Waals surface area contributed by atoms with Crippen molar-refractivity contribution >= 4 is 50.1 Å². The monoisotopic (exact) mass is 661 g/mol. The number of nitrogens with one attached hydrogen (secondary N) is 1. The second kappa shape index (κ2) is 12.3. The lowest BCUT2D eigenvalue weighted by atomic mass is 9.92. The van der Waals surface area contributed by atoms with E-state index < -0.39 is 23.3 Å². The van der Waals surface area contributed by atoms with Crippen molar-refractivity contribution in [3.63, 3.8) is 0 Å². The molecule has 2 aromatic heterocycles. The molecule has 11 heteroatoms. The summed E-state index contributed by atoms with van der Waals surface area (Å²) in [6, 6.07) is 2.09. The highest BCUT2D eigenvalue weighted by atomic mass is 32.1. The second-order valence-corrected chi connectivity index (χ2v) is 15.0. The Hall–Kier alpha value is -3.88. The molecule has 1 unspecified atom stereocenters. The van der Waals surface area contributed by atoms with Gasteiger partial charge in [0.25, 0.3) is 0 Å². The summed E-state index contributed by atoms with van der Waals surface area (Å²) in [4.78, 5) is 24.2. The summed E-state index contributed by atoms with van der Waals surface area (Å²) in [7, 11) is 0. The Bertz CT molecular complexity index is 1990. The normalized spacial score (nSPS) is 21.5. The van der Waals surface area contributed by atoms with Gasteiger partial charge in [-0.2, -0.15) is 5.26 Å². The zero-order valence-corrected chi connectivity index (χ0v) is 28.9. The van der Waals surface area contributed by atoms with Crippen LogP contribution in [0.25, 0.3) is 33.1 Å². The fraction of sp³-hybridized carbons (Fsp3) is 0.500. The Balaban J connectivity index is 1.52. The van der Waals surface area contributed by atoms with Crippen LogP contribution >= 0.6 is 11.3 Å². The molecule has 8 nitrogen and oxygen atoms in total. The molecule has 1 aliphatic carbocycles. The van der Waals surface area contributed by atoms with Crippen LogP contribution in [0.5, 0.6) is 0 Å². The number of piperidine rings is 1. The number of amides is 1. The summed E-state index contributed by atoms with van der Waals surface area (Å²) in [6.45, 7) is 15.7. The molecule has 248 valence electrons. The highest BCUT2D eigenvalue weighted by Crippen LogP contribution is 2.60. The van der Waals surface area contributed by atoms with Gasteiger partial charge in [0.1, 0.15) is 28.3 Å². The number of pyridine rings is 1. The molecule has 3 aromatic rings. The number of carbonyl (C=O) groups is 1. The predicted molar refractivity (Wildman–Crippen MR) is 181 cm³/mol. The van der Waals surface area contributed by atoms with Gasteiger partial charge in [-0.3, -0.25) is 10.3 Å². The number of fused-ring (bicyclic) bond motifs is 3. The van der Waals surface area contributed by atoms with E-state index in [-0.39, 0.29) is 45.1 Å². The third-order valence-corrected chi connectivity index (χ3v) is 10.8. The average Bonchev–Trinajstić information content (AvgIpc) is 3.36. The van der Waals surface area contributed by atoms with Crippen LogP contribution in [-0.4, -0.2) is 40.5 Å². The van der Waals surface area contributed by atoms with Crippen LogP contribution in [0.3, 0.4) is 0 Å². The van der Waals surface area contributed by atoms with Crippen LogP contribution < -0.4 is 15.8 Å². The Kier molecular flexibility index (Phi) is 8.64. The van der Waals surface area contributed by atoms with Crippen LogP contribution in [0.15, 0.2) is 11.2 Å². The maximum absolute atomic E-state index is 17.1.